The van der Waals surface area contributed by atoms with Crippen molar-refractivity contribution in [1.82, 2.24) is 10.2 Å². The minimum Gasteiger partial charge on any atom is -0.491 e. The van der Waals surface area contributed by atoms with E-state index in [0.29, 0.717) is 6.61 Å². The highest BCUT2D eigenvalue weighted by Gasteiger charge is 2.26. The molecule has 2 aromatic carbocycles. The highest BCUT2D eigenvalue weighted by Crippen LogP contribution is 2.19. The van der Waals surface area contributed by atoms with Crippen molar-refractivity contribution in [3.63, 3.8) is 0 Å². The number of likely N-dealkylation sites (tertiary alicyclic amines) is 1. The van der Waals surface area contributed by atoms with E-state index in [0.717, 1.165) is 43.8 Å². The molecule has 2 aromatic rings. The lowest BCUT2D eigenvalue weighted by molar-refractivity contribution is -0.127. The number of benzene rings is 2. The number of hydrogen-bond acceptors (Lipinski definition) is 3. The summed E-state index contributed by atoms with van der Waals surface area (Å²) in [6.07, 6.45) is 1.89. The van der Waals surface area contributed by atoms with Gasteiger partial charge in [0.15, 0.2) is 0 Å². The average Bonchev–Trinajstić information content (AvgIpc) is 2.69. The Morgan fingerprint density at radius 3 is 2.64 bits per heavy atom. The predicted octanol–water partition coefficient (Wildman–Crippen LogP) is 3.93. The van der Waals surface area contributed by atoms with Gasteiger partial charge in [0.2, 0.25) is 5.91 Å². The van der Waals surface area contributed by atoms with Crippen LogP contribution in [0.3, 0.4) is 0 Å². The lowest BCUT2D eigenvalue weighted by atomic mass is 9.96. The smallest absolute Gasteiger partial charge is 0.224 e. The van der Waals surface area contributed by atoms with Crippen LogP contribution in [-0.4, -0.2) is 36.5 Å². The van der Waals surface area contributed by atoms with Crippen molar-refractivity contribution in [2.45, 2.75) is 39.3 Å². The van der Waals surface area contributed by atoms with Crippen LogP contribution in [-0.2, 0) is 11.3 Å². The van der Waals surface area contributed by atoms with Crippen molar-refractivity contribution in [3.8, 4) is 5.75 Å². The number of amides is 1. The first-order valence-electron chi connectivity index (χ1n) is 9.96. The predicted molar refractivity (Wildman–Crippen MR) is 109 cm³/mol. The van der Waals surface area contributed by atoms with Gasteiger partial charge in [0.25, 0.3) is 0 Å². The van der Waals surface area contributed by atoms with E-state index in [9.17, 15) is 9.18 Å². The number of carbonyl (C=O) groups excluding carboxylic acids is 1. The first kappa shape index (κ1) is 20.3. The Kier molecular flexibility index (Phi) is 7.04. The van der Waals surface area contributed by atoms with E-state index in [2.05, 4.69) is 10.2 Å². The Labute approximate surface area is 166 Å². The van der Waals surface area contributed by atoms with Gasteiger partial charge in [-0.05, 0) is 63.1 Å². The molecule has 1 amide bonds. The number of ether oxygens (including phenoxy) is 1. The van der Waals surface area contributed by atoms with Gasteiger partial charge in [0, 0.05) is 13.1 Å². The van der Waals surface area contributed by atoms with Gasteiger partial charge >= 0.3 is 0 Å². The van der Waals surface area contributed by atoms with Crippen molar-refractivity contribution in [1.29, 1.82) is 0 Å². The second-order valence-electron chi connectivity index (χ2n) is 7.73. The summed E-state index contributed by atoms with van der Waals surface area (Å²) in [4.78, 5) is 14.9. The van der Waals surface area contributed by atoms with Gasteiger partial charge < -0.3 is 10.1 Å². The lowest BCUT2D eigenvalue weighted by Gasteiger charge is -2.32. The van der Waals surface area contributed by atoms with E-state index in [1.54, 1.807) is 0 Å². The van der Waals surface area contributed by atoms with E-state index in [4.69, 9.17) is 4.74 Å². The molecule has 2 atom stereocenters. The number of rotatable bonds is 7. The molecule has 0 saturated carbocycles. The van der Waals surface area contributed by atoms with Gasteiger partial charge in [-0.25, -0.2) is 4.39 Å². The summed E-state index contributed by atoms with van der Waals surface area (Å²) in [6, 6.07) is 14.4. The van der Waals surface area contributed by atoms with Crippen LogP contribution in [0.2, 0.25) is 0 Å². The van der Waals surface area contributed by atoms with E-state index < -0.39 is 0 Å². The molecule has 0 radical (unpaired) electrons. The molecule has 1 heterocycles. The largest absolute Gasteiger partial charge is 0.491 e. The molecule has 0 bridgehead atoms. The molecule has 1 fully saturated rings. The van der Waals surface area contributed by atoms with Crippen LogP contribution in [0.5, 0.6) is 5.75 Å². The van der Waals surface area contributed by atoms with Crippen molar-refractivity contribution in [2.24, 2.45) is 5.92 Å². The number of nitrogens with zero attached hydrogens (tertiary/aromatic N) is 1. The van der Waals surface area contributed by atoms with Crippen molar-refractivity contribution < 1.29 is 13.9 Å². The number of nitrogens with one attached hydrogen (secondary N) is 1. The molecule has 5 heteroatoms. The molecule has 0 aliphatic carbocycles. The van der Waals surface area contributed by atoms with Crippen LogP contribution < -0.4 is 10.1 Å². The fraction of sp³-hybridized carbons (Fsp3) is 0.435. The van der Waals surface area contributed by atoms with Gasteiger partial charge in [-0.2, -0.15) is 0 Å². The summed E-state index contributed by atoms with van der Waals surface area (Å²) in [5.74, 6) is 0.663. The van der Waals surface area contributed by atoms with Gasteiger partial charge in [-0.15, -0.1) is 0 Å². The van der Waals surface area contributed by atoms with Crippen LogP contribution in [0.15, 0.2) is 48.5 Å². The second-order valence-corrected chi connectivity index (χ2v) is 7.73. The third-order valence-corrected chi connectivity index (χ3v) is 5.11. The van der Waals surface area contributed by atoms with Crippen LogP contribution >= 0.6 is 0 Å². The minimum atomic E-state index is -0.221. The standard InChI is InChI=1S/C23H29FN2O2/c1-17-5-11-22(12-6-17)28-16-18(2)25-23(27)20-4-3-13-26(15-20)14-19-7-9-21(24)10-8-19/h5-12,18,20H,3-4,13-16H2,1-2H3,(H,25,27)/t18-,20-/m1/s1. The topological polar surface area (TPSA) is 41.6 Å². The Bertz CT molecular complexity index is 761. The second kappa shape index (κ2) is 9.69. The maximum atomic E-state index is 13.1. The van der Waals surface area contributed by atoms with Gasteiger partial charge in [-0.1, -0.05) is 29.8 Å². The summed E-state index contributed by atoms with van der Waals surface area (Å²) in [5.41, 5.74) is 2.26. The van der Waals surface area contributed by atoms with E-state index in [1.807, 2.05) is 50.2 Å². The fourth-order valence-corrected chi connectivity index (χ4v) is 3.52. The molecular formula is C23H29FN2O2. The summed E-state index contributed by atoms with van der Waals surface area (Å²) in [5, 5.41) is 3.08. The summed E-state index contributed by atoms with van der Waals surface area (Å²) >= 11 is 0. The van der Waals surface area contributed by atoms with E-state index in [-0.39, 0.29) is 23.7 Å². The molecule has 1 aliphatic heterocycles. The van der Waals surface area contributed by atoms with Crippen molar-refractivity contribution in [3.05, 3.63) is 65.5 Å². The molecular weight excluding hydrogens is 355 g/mol. The molecule has 1 aliphatic rings. The number of halogens is 1. The van der Waals surface area contributed by atoms with E-state index >= 15 is 0 Å². The third-order valence-electron chi connectivity index (χ3n) is 5.11. The summed E-state index contributed by atoms with van der Waals surface area (Å²) in [7, 11) is 0. The zero-order chi connectivity index (χ0) is 19.9. The maximum Gasteiger partial charge on any atom is 0.224 e. The molecule has 0 spiro atoms. The normalized spacial score (nSPS) is 18.5. The van der Waals surface area contributed by atoms with Gasteiger partial charge in [0.05, 0.1) is 12.0 Å². The van der Waals surface area contributed by atoms with Crippen molar-refractivity contribution >= 4 is 5.91 Å². The molecule has 1 N–H and O–H groups in total. The number of carbonyl (C=O) groups is 1. The minimum absolute atomic E-state index is 0.0176. The molecule has 1 saturated heterocycles. The molecule has 0 unspecified atom stereocenters. The van der Waals surface area contributed by atoms with Gasteiger partial charge in [-0.3, -0.25) is 9.69 Å². The Hall–Kier alpha value is -2.40. The Morgan fingerprint density at radius 2 is 1.93 bits per heavy atom. The summed E-state index contributed by atoms with van der Waals surface area (Å²) in [6.45, 7) is 6.89. The van der Waals surface area contributed by atoms with Gasteiger partial charge in [0.1, 0.15) is 18.2 Å². The molecule has 4 nitrogen and oxygen atoms in total. The SMILES string of the molecule is Cc1ccc(OC[C@@H](C)NC(=O)[C@@H]2CCCN(Cc3ccc(F)cc3)C2)cc1. The first-order valence-corrected chi connectivity index (χ1v) is 9.96. The van der Waals surface area contributed by atoms with Crippen LogP contribution in [0.4, 0.5) is 4.39 Å². The number of piperidine rings is 1. The van der Waals surface area contributed by atoms with Crippen LogP contribution in [0, 0.1) is 18.7 Å². The number of hydrogen-bond donors (Lipinski definition) is 1. The fourth-order valence-electron chi connectivity index (χ4n) is 3.52. The zero-order valence-electron chi connectivity index (χ0n) is 16.7. The lowest BCUT2D eigenvalue weighted by Crippen LogP contribution is -2.46. The van der Waals surface area contributed by atoms with Crippen LogP contribution in [0.1, 0.15) is 30.9 Å². The Balaban J connectivity index is 1.45. The third kappa shape index (κ3) is 6.06. The Morgan fingerprint density at radius 1 is 1.21 bits per heavy atom. The summed E-state index contributed by atoms with van der Waals surface area (Å²) < 4.78 is 18.8. The maximum absolute atomic E-state index is 13.1. The zero-order valence-corrected chi connectivity index (χ0v) is 16.7. The quantitative estimate of drug-likeness (QED) is 0.786. The van der Waals surface area contributed by atoms with Crippen LogP contribution in [0.25, 0.3) is 0 Å². The molecule has 3 rings (SSSR count). The number of aryl methyl sites for hydroxylation is 1. The first-order chi connectivity index (χ1) is 13.5. The van der Waals surface area contributed by atoms with Crippen molar-refractivity contribution in [2.75, 3.05) is 19.7 Å². The monoisotopic (exact) mass is 384 g/mol. The highest BCUT2D eigenvalue weighted by atomic mass is 19.1. The highest BCUT2D eigenvalue weighted by molar-refractivity contribution is 5.79. The molecule has 150 valence electrons. The molecule has 0 aromatic heterocycles. The average molecular weight is 384 g/mol. The van der Waals surface area contributed by atoms with E-state index in [1.165, 1.54) is 17.7 Å². The molecule has 28 heavy (non-hydrogen) atoms.